The van der Waals surface area contributed by atoms with Gasteiger partial charge in [0.25, 0.3) is 5.91 Å². The number of hydrogen-bond donors (Lipinski definition) is 0. The number of halogens is 4. The maximum atomic E-state index is 13.5. The van der Waals surface area contributed by atoms with Crippen LogP contribution in [0.5, 0.6) is 0 Å². The van der Waals surface area contributed by atoms with Crippen LogP contribution in [0.4, 0.5) is 23.4 Å². The van der Waals surface area contributed by atoms with E-state index < -0.39 is 29.4 Å². The van der Waals surface area contributed by atoms with Gasteiger partial charge in [0.15, 0.2) is 0 Å². The van der Waals surface area contributed by atoms with Crippen molar-refractivity contribution in [3.05, 3.63) is 59.0 Å². The lowest BCUT2D eigenvalue weighted by atomic mass is 10.1. The van der Waals surface area contributed by atoms with Gasteiger partial charge in [-0.25, -0.2) is 14.2 Å². The van der Waals surface area contributed by atoms with Crippen LogP contribution in [-0.2, 0) is 10.9 Å². The number of benzene rings is 1. The highest BCUT2D eigenvalue weighted by Crippen LogP contribution is 2.32. The van der Waals surface area contributed by atoms with Gasteiger partial charge in [0.05, 0.1) is 17.7 Å². The van der Waals surface area contributed by atoms with Crippen LogP contribution in [0.1, 0.15) is 39.6 Å². The van der Waals surface area contributed by atoms with Crippen LogP contribution in [-0.4, -0.2) is 54.5 Å². The van der Waals surface area contributed by atoms with E-state index in [-0.39, 0.29) is 18.7 Å². The predicted molar refractivity (Wildman–Crippen MR) is 104 cm³/mol. The molecule has 0 bridgehead atoms. The van der Waals surface area contributed by atoms with Gasteiger partial charge in [-0.15, -0.1) is 0 Å². The van der Waals surface area contributed by atoms with Crippen LogP contribution in [0.3, 0.4) is 0 Å². The fourth-order valence-electron chi connectivity index (χ4n) is 3.32. The smallest absolute Gasteiger partial charge is 0.419 e. The lowest BCUT2D eigenvalue weighted by molar-refractivity contribution is -0.140. The SMILES string of the molecule is CCOC(=O)c1ccc(N2CCCN(C(=O)c3ccc(F)c(C(F)(F)F)c3)CC2)nc1. The van der Waals surface area contributed by atoms with E-state index in [2.05, 4.69) is 4.98 Å². The molecule has 10 heteroatoms. The Morgan fingerprint density at radius 1 is 1.06 bits per heavy atom. The first-order valence-corrected chi connectivity index (χ1v) is 9.75. The number of carbonyl (C=O) groups excluding carboxylic acids is 2. The summed E-state index contributed by atoms with van der Waals surface area (Å²) in [4.78, 5) is 32.1. The van der Waals surface area contributed by atoms with Gasteiger partial charge in [0.1, 0.15) is 11.6 Å². The van der Waals surface area contributed by atoms with Crippen molar-refractivity contribution in [1.82, 2.24) is 9.88 Å². The molecule has 0 radical (unpaired) electrons. The van der Waals surface area contributed by atoms with E-state index in [1.165, 1.54) is 11.1 Å². The van der Waals surface area contributed by atoms with Gasteiger partial charge in [-0.05, 0) is 43.7 Å². The van der Waals surface area contributed by atoms with Crippen LogP contribution >= 0.6 is 0 Å². The molecule has 3 rings (SSSR count). The van der Waals surface area contributed by atoms with Crippen molar-refractivity contribution in [2.75, 3.05) is 37.7 Å². The van der Waals surface area contributed by atoms with Crippen molar-refractivity contribution in [2.24, 2.45) is 0 Å². The molecule has 1 amide bonds. The lowest BCUT2D eigenvalue weighted by Gasteiger charge is -2.23. The Morgan fingerprint density at radius 2 is 1.81 bits per heavy atom. The minimum atomic E-state index is -4.88. The molecular weight excluding hydrogens is 418 g/mol. The van der Waals surface area contributed by atoms with Crippen molar-refractivity contribution >= 4 is 17.7 Å². The summed E-state index contributed by atoms with van der Waals surface area (Å²) in [7, 11) is 0. The summed E-state index contributed by atoms with van der Waals surface area (Å²) in [6.45, 7) is 3.56. The summed E-state index contributed by atoms with van der Waals surface area (Å²) in [5.41, 5.74) is -1.34. The highest BCUT2D eigenvalue weighted by molar-refractivity contribution is 5.94. The number of esters is 1. The van der Waals surface area contributed by atoms with Crippen molar-refractivity contribution < 1.29 is 31.9 Å². The molecule has 166 valence electrons. The van der Waals surface area contributed by atoms with E-state index >= 15 is 0 Å². The Bertz CT molecular complexity index is 948. The fourth-order valence-corrected chi connectivity index (χ4v) is 3.32. The minimum Gasteiger partial charge on any atom is -0.462 e. The number of hydrogen-bond acceptors (Lipinski definition) is 5. The first-order valence-electron chi connectivity index (χ1n) is 9.75. The third-order valence-electron chi connectivity index (χ3n) is 4.88. The average Bonchev–Trinajstić information content (AvgIpc) is 2.99. The van der Waals surface area contributed by atoms with Crippen LogP contribution in [0.15, 0.2) is 36.5 Å². The largest absolute Gasteiger partial charge is 0.462 e. The molecule has 1 aromatic carbocycles. The molecule has 0 unspecified atom stereocenters. The molecule has 0 saturated carbocycles. The van der Waals surface area contributed by atoms with Crippen LogP contribution < -0.4 is 4.90 Å². The average molecular weight is 439 g/mol. The Kier molecular flexibility index (Phi) is 6.77. The summed E-state index contributed by atoms with van der Waals surface area (Å²) in [5.74, 6) is -1.85. The van der Waals surface area contributed by atoms with Gasteiger partial charge in [-0.1, -0.05) is 0 Å². The van der Waals surface area contributed by atoms with E-state index in [0.29, 0.717) is 49.6 Å². The lowest BCUT2D eigenvalue weighted by Crippen LogP contribution is -2.35. The topological polar surface area (TPSA) is 62.7 Å². The second-order valence-corrected chi connectivity index (χ2v) is 6.95. The molecule has 6 nitrogen and oxygen atoms in total. The highest BCUT2D eigenvalue weighted by Gasteiger charge is 2.35. The summed E-state index contributed by atoms with van der Waals surface area (Å²) in [6, 6.07) is 5.56. The van der Waals surface area contributed by atoms with E-state index in [1.807, 2.05) is 4.90 Å². The number of nitrogens with zero attached hydrogens (tertiary/aromatic N) is 3. The van der Waals surface area contributed by atoms with Gasteiger partial charge in [0, 0.05) is 37.9 Å². The molecule has 31 heavy (non-hydrogen) atoms. The molecule has 0 atom stereocenters. The summed E-state index contributed by atoms with van der Waals surface area (Å²) >= 11 is 0. The van der Waals surface area contributed by atoms with Gasteiger partial charge in [0.2, 0.25) is 0 Å². The second-order valence-electron chi connectivity index (χ2n) is 6.95. The number of aromatic nitrogens is 1. The highest BCUT2D eigenvalue weighted by atomic mass is 19.4. The predicted octanol–water partition coefficient (Wildman–Crippen LogP) is 3.77. The van der Waals surface area contributed by atoms with E-state index in [4.69, 9.17) is 4.74 Å². The quantitative estimate of drug-likeness (QED) is 0.536. The third kappa shape index (κ3) is 5.31. The molecule has 2 heterocycles. The zero-order valence-corrected chi connectivity index (χ0v) is 16.8. The number of amides is 1. The summed E-state index contributed by atoms with van der Waals surface area (Å²) in [6.07, 6.45) is -2.89. The molecular formula is C21H21F4N3O3. The second kappa shape index (κ2) is 9.32. The molecule has 1 aliphatic heterocycles. The first-order chi connectivity index (χ1) is 14.7. The van der Waals surface area contributed by atoms with Gasteiger partial charge < -0.3 is 14.5 Å². The van der Waals surface area contributed by atoms with Gasteiger partial charge >= 0.3 is 12.1 Å². The molecule has 1 fully saturated rings. The Morgan fingerprint density at radius 3 is 2.45 bits per heavy atom. The molecule has 0 N–H and O–H groups in total. The number of rotatable bonds is 4. The number of carbonyl (C=O) groups is 2. The maximum Gasteiger partial charge on any atom is 0.419 e. The van der Waals surface area contributed by atoms with Gasteiger partial charge in [-0.3, -0.25) is 4.79 Å². The zero-order chi connectivity index (χ0) is 22.6. The molecule has 1 saturated heterocycles. The first kappa shape index (κ1) is 22.5. The Labute approximate surface area is 176 Å². The number of anilines is 1. The van der Waals surface area contributed by atoms with E-state index in [9.17, 15) is 27.2 Å². The number of alkyl halides is 3. The van der Waals surface area contributed by atoms with Crippen LogP contribution in [0, 0.1) is 5.82 Å². The zero-order valence-electron chi connectivity index (χ0n) is 16.8. The van der Waals surface area contributed by atoms with E-state index in [1.54, 1.807) is 19.1 Å². The summed E-state index contributed by atoms with van der Waals surface area (Å²) in [5, 5.41) is 0. The molecule has 0 aliphatic carbocycles. The standard InChI is InChI=1S/C21H21F4N3O3/c1-2-31-20(30)15-5-7-18(26-13-15)27-8-3-9-28(11-10-27)19(29)14-4-6-17(22)16(12-14)21(23,24)25/h4-7,12-13H,2-3,8-11H2,1H3. The normalized spacial score (nSPS) is 14.9. The number of ether oxygens (including phenoxy) is 1. The van der Waals surface area contributed by atoms with E-state index in [0.717, 1.165) is 6.07 Å². The number of pyridine rings is 1. The minimum absolute atomic E-state index is 0.209. The van der Waals surface area contributed by atoms with Crippen molar-refractivity contribution in [1.29, 1.82) is 0 Å². The fraction of sp³-hybridized carbons (Fsp3) is 0.381. The van der Waals surface area contributed by atoms with Gasteiger partial charge in [-0.2, -0.15) is 13.2 Å². The molecule has 2 aromatic rings. The monoisotopic (exact) mass is 439 g/mol. The Balaban J connectivity index is 1.69. The third-order valence-corrected chi connectivity index (χ3v) is 4.88. The maximum absolute atomic E-state index is 13.5. The summed E-state index contributed by atoms with van der Waals surface area (Å²) < 4.78 is 57.3. The van der Waals surface area contributed by atoms with Crippen molar-refractivity contribution in [2.45, 2.75) is 19.5 Å². The van der Waals surface area contributed by atoms with Crippen LogP contribution in [0.25, 0.3) is 0 Å². The molecule has 0 spiro atoms. The van der Waals surface area contributed by atoms with Crippen molar-refractivity contribution in [3.63, 3.8) is 0 Å². The molecule has 1 aliphatic rings. The Hall–Kier alpha value is -3.17. The van der Waals surface area contributed by atoms with Crippen LogP contribution in [0.2, 0.25) is 0 Å². The van der Waals surface area contributed by atoms with Crippen molar-refractivity contribution in [3.8, 4) is 0 Å². The molecule has 1 aromatic heterocycles.